The molecule has 7 nitrogen and oxygen atoms in total. The molecule has 1 aromatic carbocycles. The second-order valence-electron chi connectivity index (χ2n) is 7.45. The van der Waals surface area contributed by atoms with E-state index in [1.165, 1.54) is 4.80 Å². The predicted octanol–water partition coefficient (Wildman–Crippen LogP) is 1.74. The Bertz CT molecular complexity index is 771. The molecule has 2 aromatic rings. The summed E-state index contributed by atoms with van der Waals surface area (Å²) in [5.41, 5.74) is 6.85. The van der Waals surface area contributed by atoms with Crippen LogP contribution in [0.5, 0.6) is 0 Å². The molecule has 1 amide bonds. The highest BCUT2D eigenvalue weighted by Crippen LogP contribution is 2.57. The summed E-state index contributed by atoms with van der Waals surface area (Å²) in [6, 6.07) is 7.38. The zero-order valence-electron chi connectivity index (χ0n) is 14.5. The molecule has 7 heteroatoms. The van der Waals surface area contributed by atoms with Crippen LogP contribution in [0, 0.1) is 11.3 Å². The smallest absolute Gasteiger partial charge is 0.245 e. The van der Waals surface area contributed by atoms with Crippen molar-refractivity contribution in [3.63, 3.8) is 0 Å². The van der Waals surface area contributed by atoms with E-state index < -0.39 is 5.54 Å². The number of rotatable bonds is 3. The number of benzene rings is 1. The van der Waals surface area contributed by atoms with E-state index in [0.29, 0.717) is 5.69 Å². The largest absolute Gasteiger partial charge is 0.377 e. The summed E-state index contributed by atoms with van der Waals surface area (Å²) in [6.45, 7) is 4.79. The van der Waals surface area contributed by atoms with Gasteiger partial charge in [-0.15, -0.1) is 0 Å². The molecule has 3 N–H and O–H groups in total. The lowest BCUT2D eigenvalue weighted by Crippen LogP contribution is -2.81. The van der Waals surface area contributed by atoms with Crippen LogP contribution >= 0.6 is 0 Å². The van der Waals surface area contributed by atoms with E-state index in [0.717, 1.165) is 25.1 Å². The number of nitrogens with two attached hydrogens (primary N) is 1. The van der Waals surface area contributed by atoms with Gasteiger partial charge >= 0.3 is 0 Å². The first-order valence-corrected chi connectivity index (χ1v) is 8.63. The van der Waals surface area contributed by atoms with Gasteiger partial charge in [0.15, 0.2) is 0 Å². The molecule has 3 unspecified atom stereocenters. The SMILES string of the molecule is CC1(C)C2OCCCC2C1(N)C(=O)Nc1ccc(-n2nccn2)cc1. The highest BCUT2D eigenvalue weighted by molar-refractivity contribution is 6.00. The molecule has 2 aliphatic rings. The molecule has 0 bridgehead atoms. The summed E-state index contributed by atoms with van der Waals surface area (Å²) in [7, 11) is 0. The van der Waals surface area contributed by atoms with Gasteiger partial charge in [-0.05, 0) is 37.1 Å². The van der Waals surface area contributed by atoms with E-state index in [-0.39, 0.29) is 23.3 Å². The van der Waals surface area contributed by atoms with E-state index in [2.05, 4.69) is 15.5 Å². The lowest BCUT2D eigenvalue weighted by molar-refractivity contribution is -0.222. The van der Waals surface area contributed by atoms with Gasteiger partial charge in [-0.3, -0.25) is 4.79 Å². The number of nitrogens with zero attached hydrogens (tertiary/aromatic N) is 3. The third-order valence-corrected chi connectivity index (χ3v) is 5.84. The van der Waals surface area contributed by atoms with E-state index >= 15 is 0 Å². The zero-order chi connectivity index (χ0) is 17.7. The number of fused-ring (bicyclic) bond motifs is 1. The van der Waals surface area contributed by atoms with E-state index in [1.807, 2.05) is 38.1 Å². The van der Waals surface area contributed by atoms with Gasteiger partial charge in [0.2, 0.25) is 5.91 Å². The summed E-state index contributed by atoms with van der Waals surface area (Å²) in [5.74, 6) is -0.0713. The minimum atomic E-state index is -0.916. The fraction of sp³-hybridized carbons (Fsp3) is 0.500. The molecule has 2 fully saturated rings. The normalized spacial score (nSPS) is 30.2. The second-order valence-corrected chi connectivity index (χ2v) is 7.45. The molecular weight excluding hydrogens is 318 g/mol. The number of amides is 1. The lowest BCUT2D eigenvalue weighted by atomic mass is 9.46. The number of hydrogen-bond acceptors (Lipinski definition) is 5. The molecule has 2 heterocycles. The monoisotopic (exact) mass is 341 g/mol. The second kappa shape index (κ2) is 5.64. The van der Waals surface area contributed by atoms with Crippen LogP contribution in [0.2, 0.25) is 0 Å². The minimum absolute atomic E-state index is 0.0604. The first-order valence-electron chi connectivity index (χ1n) is 8.63. The Balaban J connectivity index is 1.52. The molecule has 3 atom stereocenters. The molecule has 1 saturated heterocycles. The molecular formula is C18H23N5O2. The van der Waals surface area contributed by atoms with E-state index in [9.17, 15) is 4.79 Å². The topological polar surface area (TPSA) is 95.1 Å². The van der Waals surface area contributed by atoms with Crippen LogP contribution in [0.3, 0.4) is 0 Å². The Morgan fingerprint density at radius 3 is 2.64 bits per heavy atom. The van der Waals surface area contributed by atoms with Gasteiger partial charge in [0, 0.05) is 23.6 Å². The molecule has 1 saturated carbocycles. The van der Waals surface area contributed by atoms with Crippen molar-refractivity contribution < 1.29 is 9.53 Å². The van der Waals surface area contributed by atoms with Gasteiger partial charge in [-0.25, -0.2) is 0 Å². The Labute approximate surface area is 146 Å². The average molecular weight is 341 g/mol. The third-order valence-electron chi connectivity index (χ3n) is 5.84. The Hall–Kier alpha value is -2.25. The minimum Gasteiger partial charge on any atom is -0.377 e. The van der Waals surface area contributed by atoms with Crippen LogP contribution in [0.15, 0.2) is 36.7 Å². The Morgan fingerprint density at radius 1 is 1.28 bits per heavy atom. The van der Waals surface area contributed by atoms with Crippen molar-refractivity contribution in [2.45, 2.75) is 38.3 Å². The van der Waals surface area contributed by atoms with Crippen molar-refractivity contribution in [3.8, 4) is 5.69 Å². The van der Waals surface area contributed by atoms with Crippen molar-refractivity contribution in [1.29, 1.82) is 0 Å². The molecule has 0 radical (unpaired) electrons. The van der Waals surface area contributed by atoms with Crippen molar-refractivity contribution >= 4 is 11.6 Å². The average Bonchev–Trinajstić information content (AvgIpc) is 3.16. The molecule has 0 spiro atoms. The maximum absolute atomic E-state index is 13.0. The number of nitrogens with one attached hydrogen (secondary N) is 1. The van der Waals surface area contributed by atoms with Crippen LogP contribution in [-0.2, 0) is 9.53 Å². The highest BCUT2D eigenvalue weighted by Gasteiger charge is 2.70. The summed E-state index contributed by atoms with van der Waals surface area (Å²) < 4.78 is 5.87. The van der Waals surface area contributed by atoms with Crippen molar-refractivity contribution in [3.05, 3.63) is 36.7 Å². The van der Waals surface area contributed by atoms with Crippen LogP contribution in [0.1, 0.15) is 26.7 Å². The molecule has 1 aliphatic carbocycles. The van der Waals surface area contributed by atoms with E-state index in [4.69, 9.17) is 10.5 Å². The van der Waals surface area contributed by atoms with Crippen LogP contribution in [0.4, 0.5) is 5.69 Å². The van der Waals surface area contributed by atoms with Gasteiger partial charge in [-0.1, -0.05) is 13.8 Å². The number of aromatic nitrogens is 3. The first-order chi connectivity index (χ1) is 11.9. The summed E-state index contributed by atoms with van der Waals surface area (Å²) in [6.07, 6.45) is 5.19. The number of carbonyl (C=O) groups excluding carboxylic acids is 1. The van der Waals surface area contributed by atoms with Crippen LogP contribution < -0.4 is 11.1 Å². The fourth-order valence-electron chi connectivity index (χ4n) is 4.30. The van der Waals surface area contributed by atoms with Gasteiger partial charge in [-0.2, -0.15) is 15.0 Å². The summed E-state index contributed by atoms with van der Waals surface area (Å²) >= 11 is 0. The Kier molecular flexibility index (Phi) is 3.66. The van der Waals surface area contributed by atoms with Crippen molar-refractivity contribution in [1.82, 2.24) is 15.0 Å². The van der Waals surface area contributed by atoms with Crippen LogP contribution in [-0.4, -0.2) is 39.2 Å². The summed E-state index contributed by atoms with van der Waals surface area (Å²) in [5, 5.41) is 11.2. The zero-order valence-corrected chi connectivity index (χ0v) is 14.5. The number of ether oxygens (including phenoxy) is 1. The summed E-state index contributed by atoms with van der Waals surface area (Å²) in [4.78, 5) is 14.5. The molecule has 1 aromatic heterocycles. The number of anilines is 1. The predicted molar refractivity (Wildman–Crippen MR) is 93.2 cm³/mol. The molecule has 132 valence electrons. The molecule has 1 aliphatic heterocycles. The molecule has 4 rings (SSSR count). The quantitative estimate of drug-likeness (QED) is 0.887. The standard InChI is InChI=1S/C18H23N5O2/c1-17(2)15-14(4-3-11-25-15)18(17,19)16(24)22-12-5-7-13(8-6-12)23-20-9-10-21-23/h5-10,14-15H,3-4,11,19H2,1-2H3,(H,22,24). The molecule has 25 heavy (non-hydrogen) atoms. The first kappa shape index (κ1) is 16.2. The van der Waals surface area contributed by atoms with Gasteiger partial charge < -0.3 is 15.8 Å². The maximum Gasteiger partial charge on any atom is 0.245 e. The number of carbonyl (C=O) groups is 1. The van der Waals surface area contributed by atoms with Gasteiger partial charge in [0.25, 0.3) is 0 Å². The van der Waals surface area contributed by atoms with E-state index in [1.54, 1.807) is 12.4 Å². The number of hydrogen-bond donors (Lipinski definition) is 2. The van der Waals surface area contributed by atoms with Crippen molar-refractivity contribution in [2.24, 2.45) is 17.1 Å². The van der Waals surface area contributed by atoms with Crippen molar-refractivity contribution in [2.75, 3.05) is 11.9 Å². The van der Waals surface area contributed by atoms with Crippen LogP contribution in [0.25, 0.3) is 5.69 Å². The highest BCUT2D eigenvalue weighted by atomic mass is 16.5. The maximum atomic E-state index is 13.0. The fourth-order valence-corrected chi connectivity index (χ4v) is 4.30. The third kappa shape index (κ3) is 2.30. The Morgan fingerprint density at radius 2 is 1.96 bits per heavy atom. The lowest BCUT2D eigenvalue weighted by Gasteiger charge is -2.65. The van der Waals surface area contributed by atoms with Gasteiger partial charge in [0.1, 0.15) is 5.54 Å². The van der Waals surface area contributed by atoms with Gasteiger partial charge in [0.05, 0.1) is 24.2 Å².